The van der Waals surface area contributed by atoms with Crippen LogP contribution in [0.5, 0.6) is 5.75 Å². The van der Waals surface area contributed by atoms with Gasteiger partial charge in [-0.15, -0.1) is 0 Å². The fraction of sp³-hybridized carbons (Fsp3) is 0.419. The summed E-state index contributed by atoms with van der Waals surface area (Å²) in [5, 5.41) is 13.8. The van der Waals surface area contributed by atoms with Gasteiger partial charge in [-0.1, -0.05) is 42.0 Å². The Bertz CT molecular complexity index is 1190. The predicted octanol–water partition coefficient (Wildman–Crippen LogP) is 5.36. The molecule has 7 heteroatoms. The van der Waals surface area contributed by atoms with Gasteiger partial charge in [0.15, 0.2) is 0 Å². The van der Waals surface area contributed by atoms with Crippen LogP contribution < -0.4 is 10.1 Å². The quantitative estimate of drug-likeness (QED) is 0.356. The number of piperidine rings is 1. The van der Waals surface area contributed by atoms with Gasteiger partial charge in [0.2, 0.25) is 11.8 Å². The summed E-state index contributed by atoms with van der Waals surface area (Å²) in [5.41, 5.74) is 3.89. The summed E-state index contributed by atoms with van der Waals surface area (Å²) in [6, 6.07) is 16.2. The van der Waals surface area contributed by atoms with Crippen LogP contribution in [0.1, 0.15) is 60.9 Å². The first-order valence-electron chi connectivity index (χ1n) is 13.5. The van der Waals surface area contributed by atoms with E-state index in [1.54, 1.807) is 6.20 Å². The molecule has 1 aromatic heterocycles. The van der Waals surface area contributed by atoms with Gasteiger partial charge in [-0.2, -0.15) is 0 Å². The standard InChI is InChI=1S/C31H39N3O4/c1-4-37-27-12-9-24(10-13-27)11-14-30(36)34-17-15-26(16-18-34)20-29(35)33-28(31-32-21-23(3)38-31)19-25-7-5-22(2)6-8-25/h5-10,12-13,19,21,26,30,36H,4,11,14-18,20H2,1-3H3,(H,33,35)/b28-19+. The largest absolute Gasteiger partial charge is 0.494 e. The van der Waals surface area contributed by atoms with E-state index in [1.165, 1.54) is 11.1 Å². The second-order valence-corrected chi connectivity index (χ2v) is 10.1. The number of aromatic nitrogens is 1. The lowest BCUT2D eigenvalue weighted by molar-refractivity contribution is -0.121. The summed E-state index contributed by atoms with van der Waals surface area (Å²) < 4.78 is 11.2. The fourth-order valence-corrected chi connectivity index (χ4v) is 4.78. The molecule has 0 bridgehead atoms. The van der Waals surface area contributed by atoms with Gasteiger partial charge in [0.1, 0.15) is 23.4 Å². The van der Waals surface area contributed by atoms with Crippen LogP contribution >= 0.6 is 0 Å². The van der Waals surface area contributed by atoms with Crippen LogP contribution in [0.3, 0.4) is 0 Å². The van der Waals surface area contributed by atoms with E-state index in [0.29, 0.717) is 36.8 Å². The normalized spacial score (nSPS) is 15.8. The molecule has 38 heavy (non-hydrogen) atoms. The van der Waals surface area contributed by atoms with Gasteiger partial charge in [0.25, 0.3) is 0 Å². The second-order valence-electron chi connectivity index (χ2n) is 10.1. The first-order chi connectivity index (χ1) is 18.4. The molecule has 1 amide bonds. The number of aliphatic hydroxyl groups excluding tert-OH is 1. The average Bonchev–Trinajstić information content (AvgIpc) is 3.36. The molecule has 1 aliphatic heterocycles. The maximum atomic E-state index is 13.0. The Balaban J connectivity index is 1.26. The van der Waals surface area contributed by atoms with Gasteiger partial charge in [0, 0.05) is 19.5 Å². The zero-order valence-corrected chi connectivity index (χ0v) is 22.7. The number of carbonyl (C=O) groups is 1. The molecule has 3 aromatic rings. The number of benzene rings is 2. The second kappa shape index (κ2) is 13.4. The minimum Gasteiger partial charge on any atom is -0.494 e. The average molecular weight is 518 g/mol. The Morgan fingerprint density at radius 2 is 1.87 bits per heavy atom. The van der Waals surface area contributed by atoms with E-state index < -0.39 is 6.23 Å². The summed E-state index contributed by atoms with van der Waals surface area (Å²) in [4.78, 5) is 19.4. The highest BCUT2D eigenvalue weighted by Gasteiger charge is 2.26. The van der Waals surface area contributed by atoms with Crippen molar-refractivity contribution in [2.24, 2.45) is 5.92 Å². The van der Waals surface area contributed by atoms with Crippen molar-refractivity contribution in [3.05, 3.63) is 83.1 Å². The zero-order valence-electron chi connectivity index (χ0n) is 22.7. The summed E-state index contributed by atoms with van der Waals surface area (Å²) in [7, 11) is 0. The molecule has 1 aliphatic rings. The molecule has 1 atom stereocenters. The first-order valence-corrected chi connectivity index (χ1v) is 13.5. The van der Waals surface area contributed by atoms with Crippen molar-refractivity contribution in [2.75, 3.05) is 19.7 Å². The molecule has 2 N–H and O–H groups in total. The van der Waals surface area contributed by atoms with Crippen molar-refractivity contribution in [1.82, 2.24) is 15.2 Å². The molecule has 1 unspecified atom stereocenters. The highest BCUT2D eigenvalue weighted by atomic mass is 16.5. The molecular formula is C31H39N3O4. The van der Waals surface area contributed by atoms with E-state index in [-0.39, 0.29) is 11.8 Å². The number of nitrogens with one attached hydrogen (secondary N) is 1. The van der Waals surface area contributed by atoms with Gasteiger partial charge in [0.05, 0.1) is 12.8 Å². The molecule has 0 aliphatic carbocycles. The van der Waals surface area contributed by atoms with Gasteiger partial charge in [-0.25, -0.2) is 4.98 Å². The van der Waals surface area contributed by atoms with E-state index in [0.717, 1.165) is 43.7 Å². The number of oxazole rings is 1. The van der Waals surface area contributed by atoms with Crippen molar-refractivity contribution in [1.29, 1.82) is 0 Å². The first kappa shape index (κ1) is 27.6. The van der Waals surface area contributed by atoms with E-state index in [1.807, 2.05) is 63.2 Å². The van der Waals surface area contributed by atoms with Crippen molar-refractivity contribution in [2.45, 2.75) is 59.1 Å². The molecule has 0 spiro atoms. The van der Waals surface area contributed by atoms with Crippen LogP contribution in [-0.4, -0.2) is 46.8 Å². The van der Waals surface area contributed by atoms with Crippen LogP contribution in [0.25, 0.3) is 11.8 Å². The van der Waals surface area contributed by atoms with Crippen LogP contribution in [-0.2, 0) is 11.2 Å². The van der Waals surface area contributed by atoms with Crippen molar-refractivity contribution >= 4 is 17.7 Å². The van der Waals surface area contributed by atoms with E-state index in [2.05, 4.69) is 27.3 Å². The molecule has 2 aromatic carbocycles. The van der Waals surface area contributed by atoms with Crippen LogP contribution in [0.4, 0.5) is 0 Å². The minimum absolute atomic E-state index is 0.0475. The van der Waals surface area contributed by atoms with Gasteiger partial charge < -0.3 is 19.6 Å². The number of carbonyl (C=O) groups excluding carboxylic acids is 1. The van der Waals surface area contributed by atoms with Gasteiger partial charge in [-0.05, 0) is 81.7 Å². The molecule has 7 nitrogen and oxygen atoms in total. The number of aliphatic hydroxyl groups is 1. The lowest BCUT2D eigenvalue weighted by Crippen LogP contribution is -2.42. The molecule has 0 radical (unpaired) electrons. The lowest BCUT2D eigenvalue weighted by Gasteiger charge is -2.35. The number of nitrogens with zero attached hydrogens (tertiary/aromatic N) is 2. The van der Waals surface area contributed by atoms with E-state index in [9.17, 15) is 9.90 Å². The maximum Gasteiger partial charge on any atom is 0.243 e. The van der Waals surface area contributed by atoms with E-state index >= 15 is 0 Å². The number of hydrogen-bond donors (Lipinski definition) is 2. The number of aryl methyl sites for hydroxylation is 3. The molecule has 1 saturated heterocycles. The Morgan fingerprint density at radius 1 is 1.16 bits per heavy atom. The third-order valence-corrected chi connectivity index (χ3v) is 6.98. The zero-order chi connectivity index (χ0) is 26.9. The van der Waals surface area contributed by atoms with Gasteiger partial charge >= 0.3 is 0 Å². The number of ether oxygens (including phenoxy) is 1. The van der Waals surface area contributed by atoms with Crippen molar-refractivity contribution in [3.8, 4) is 5.75 Å². The highest BCUT2D eigenvalue weighted by molar-refractivity contribution is 5.90. The maximum absolute atomic E-state index is 13.0. The van der Waals surface area contributed by atoms with Crippen LogP contribution in [0, 0.1) is 19.8 Å². The smallest absolute Gasteiger partial charge is 0.243 e. The molecule has 0 saturated carbocycles. The summed E-state index contributed by atoms with van der Waals surface area (Å²) in [5.74, 6) is 2.20. The van der Waals surface area contributed by atoms with E-state index in [4.69, 9.17) is 9.15 Å². The molecule has 1 fully saturated rings. The number of rotatable bonds is 11. The number of likely N-dealkylation sites (tertiary alicyclic amines) is 1. The SMILES string of the molecule is CCOc1ccc(CCC(O)N2CCC(CC(=O)N/C(=C/c3ccc(C)cc3)c3ncc(C)o3)CC2)cc1. The minimum atomic E-state index is -0.478. The molecular weight excluding hydrogens is 478 g/mol. The molecule has 2 heterocycles. The molecule has 202 valence electrons. The Morgan fingerprint density at radius 3 is 2.50 bits per heavy atom. The monoisotopic (exact) mass is 517 g/mol. The Labute approximate surface area is 225 Å². The molecule has 4 rings (SSSR count). The lowest BCUT2D eigenvalue weighted by atomic mass is 9.92. The predicted molar refractivity (Wildman–Crippen MR) is 149 cm³/mol. The summed E-state index contributed by atoms with van der Waals surface area (Å²) in [6.07, 6.45) is 6.75. The highest BCUT2D eigenvalue weighted by Crippen LogP contribution is 2.24. The summed E-state index contributed by atoms with van der Waals surface area (Å²) >= 11 is 0. The number of hydrogen-bond acceptors (Lipinski definition) is 6. The van der Waals surface area contributed by atoms with Crippen LogP contribution in [0.15, 0.2) is 59.1 Å². The van der Waals surface area contributed by atoms with Crippen molar-refractivity contribution in [3.63, 3.8) is 0 Å². The Kier molecular flexibility index (Phi) is 9.73. The van der Waals surface area contributed by atoms with Gasteiger partial charge in [-0.3, -0.25) is 9.69 Å². The Hall–Kier alpha value is -3.42. The third kappa shape index (κ3) is 8.04. The van der Waals surface area contributed by atoms with Crippen LogP contribution in [0.2, 0.25) is 0 Å². The topological polar surface area (TPSA) is 87.8 Å². The number of amides is 1. The summed E-state index contributed by atoms with van der Waals surface area (Å²) in [6.45, 7) is 8.07. The third-order valence-electron chi connectivity index (χ3n) is 6.98. The van der Waals surface area contributed by atoms with Crippen molar-refractivity contribution < 1.29 is 19.1 Å². The fourth-order valence-electron chi connectivity index (χ4n) is 4.78.